The molecule has 2 nitrogen and oxygen atoms in total. The highest BCUT2D eigenvalue weighted by atomic mass is 32.2. The number of likely N-dealkylation sites (tertiary alicyclic amines) is 1. The van der Waals surface area contributed by atoms with Gasteiger partial charge in [0, 0.05) is 17.0 Å². The van der Waals surface area contributed by atoms with Gasteiger partial charge in [-0.2, -0.15) is 0 Å². The second-order valence-electron chi connectivity index (χ2n) is 6.14. The monoisotopic (exact) mass is 264 g/mol. The van der Waals surface area contributed by atoms with Crippen molar-refractivity contribution < 1.29 is 0 Å². The molecule has 3 heteroatoms. The molecule has 18 heavy (non-hydrogen) atoms. The predicted molar refractivity (Wildman–Crippen MR) is 79.1 cm³/mol. The molecule has 1 atom stereocenters. The van der Waals surface area contributed by atoms with Crippen molar-refractivity contribution in [2.45, 2.75) is 55.8 Å². The van der Waals surface area contributed by atoms with E-state index in [4.69, 9.17) is 0 Å². The molecule has 1 aliphatic rings. The lowest BCUT2D eigenvalue weighted by molar-refractivity contribution is 0.187. The van der Waals surface area contributed by atoms with E-state index in [1.807, 2.05) is 11.8 Å². The zero-order chi connectivity index (χ0) is 13.2. The number of piperidine rings is 1. The van der Waals surface area contributed by atoms with Crippen LogP contribution in [0.2, 0.25) is 0 Å². The molecule has 0 aliphatic carbocycles. The van der Waals surface area contributed by atoms with E-state index in [2.05, 4.69) is 56.0 Å². The zero-order valence-electron chi connectivity index (χ0n) is 11.9. The zero-order valence-corrected chi connectivity index (χ0v) is 12.8. The summed E-state index contributed by atoms with van der Waals surface area (Å²) in [6.07, 6.45) is 6.01. The molecule has 0 radical (unpaired) electrons. The number of hydrogen-bond donors (Lipinski definition) is 0. The summed E-state index contributed by atoms with van der Waals surface area (Å²) in [5, 5.41) is 1.13. The first-order chi connectivity index (χ1) is 8.46. The Kier molecular flexibility index (Phi) is 4.33. The van der Waals surface area contributed by atoms with E-state index in [9.17, 15) is 0 Å². The van der Waals surface area contributed by atoms with Crippen molar-refractivity contribution in [1.29, 1.82) is 0 Å². The highest BCUT2D eigenvalue weighted by Gasteiger charge is 2.21. The number of thioether (sulfide) groups is 1. The molecular weight excluding hydrogens is 240 g/mol. The molecule has 0 saturated carbocycles. The van der Waals surface area contributed by atoms with E-state index in [-0.39, 0.29) is 4.75 Å². The van der Waals surface area contributed by atoms with E-state index < -0.39 is 0 Å². The Hall–Kier alpha value is -0.540. The van der Waals surface area contributed by atoms with Crippen molar-refractivity contribution in [3.8, 4) is 0 Å². The maximum atomic E-state index is 4.61. The fourth-order valence-electron chi connectivity index (χ4n) is 2.46. The summed E-state index contributed by atoms with van der Waals surface area (Å²) in [6.45, 7) is 7.88. The minimum Gasteiger partial charge on any atom is -0.299 e. The molecular formula is C15H24N2S. The number of nitrogens with zero attached hydrogens (tertiary/aromatic N) is 2. The van der Waals surface area contributed by atoms with E-state index in [0.29, 0.717) is 6.04 Å². The first kappa shape index (κ1) is 13.9. The molecule has 1 aromatic heterocycles. The summed E-state index contributed by atoms with van der Waals surface area (Å²) < 4.78 is 0.232. The van der Waals surface area contributed by atoms with Crippen LogP contribution in [0.1, 0.15) is 51.6 Å². The summed E-state index contributed by atoms with van der Waals surface area (Å²) >= 11 is 1.83. The summed E-state index contributed by atoms with van der Waals surface area (Å²) in [5.74, 6) is 0. The third kappa shape index (κ3) is 3.72. The van der Waals surface area contributed by atoms with E-state index in [1.165, 1.54) is 31.4 Å². The number of aromatic nitrogens is 1. The summed E-state index contributed by atoms with van der Waals surface area (Å²) in [5.41, 5.74) is 1.37. The SMILES string of the molecule is CN1CCCC[C@H]1c1ccc(SC(C)(C)C)nc1. The van der Waals surface area contributed by atoms with Crippen LogP contribution in [-0.2, 0) is 0 Å². The van der Waals surface area contributed by atoms with Crippen molar-refractivity contribution in [3.63, 3.8) is 0 Å². The molecule has 0 amide bonds. The number of hydrogen-bond acceptors (Lipinski definition) is 3. The van der Waals surface area contributed by atoms with Crippen LogP contribution in [0.3, 0.4) is 0 Å². The summed E-state index contributed by atoms with van der Waals surface area (Å²) in [4.78, 5) is 7.07. The standard InChI is InChI=1S/C15H24N2S/c1-15(2,3)18-14-9-8-12(11-16-14)13-7-5-6-10-17(13)4/h8-9,11,13H,5-7,10H2,1-4H3/t13-/m0/s1. The average Bonchev–Trinajstić information content (AvgIpc) is 2.29. The largest absolute Gasteiger partial charge is 0.299 e. The number of rotatable bonds is 2. The third-order valence-electron chi connectivity index (χ3n) is 3.33. The second-order valence-corrected chi connectivity index (χ2v) is 7.98. The summed E-state index contributed by atoms with van der Waals surface area (Å²) in [7, 11) is 2.22. The lowest BCUT2D eigenvalue weighted by atomic mass is 9.97. The summed E-state index contributed by atoms with van der Waals surface area (Å²) in [6, 6.07) is 5.00. The van der Waals surface area contributed by atoms with Crippen molar-refractivity contribution in [3.05, 3.63) is 23.9 Å². The van der Waals surface area contributed by atoms with Gasteiger partial charge in [0.15, 0.2) is 0 Å². The molecule has 0 unspecified atom stereocenters. The van der Waals surface area contributed by atoms with Crippen molar-refractivity contribution in [2.75, 3.05) is 13.6 Å². The highest BCUT2D eigenvalue weighted by Crippen LogP contribution is 2.33. The molecule has 100 valence electrons. The average molecular weight is 264 g/mol. The molecule has 1 saturated heterocycles. The minimum absolute atomic E-state index is 0.232. The van der Waals surface area contributed by atoms with Crippen molar-refractivity contribution in [2.24, 2.45) is 0 Å². The fraction of sp³-hybridized carbons (Fsp3) is 0.667. The van der Waals surface area contributed by atoms with Gasteiger partial charge in [0.25, 0.3) is 0 Å². The van der Waals surface area contributed by atoms with Gasteiger partial charge < -0.3 is 0 Å². The van der Waals surface area contributed by atoms with Gasteiger partial charge in [-0.05, 0) is 38.1 Å². The van der Waals surface area contributed by atoms with Gasteiger partial charge in [-0.25, -0.2) is 4.98 Å². The lowest BCUT2D eigenvalue weighted by Crippen LogP contribution is -2.29. The quantitative estimate of drug-likeness (QED) is 0.747. The van der Waals surface area contributed by atoms with Gasteiger partial charge in [0.1, 0.15) is 0 Å². The first-order valence-electron chi connectivity index (χ1n) is 6.81. The van der Waals surface area contributed by atoms with Crippen LogP contribution in [0.5, 0.6) is 0 Å². The molecule has 0 bridgehead atoms. The smallest absolute Gasteiger partial charge is 0.0965 e. The number of pyridine rings is 1. The van der Waals surface area contributed by atoms with Gasteiger partial charge >= 0.3 is 0 Å². The highest BCUT2D eigenvalue weighted by molar-refractivity contribution is 8.00. The molecule has 0 N–H and O–H groups in total. The van der Waals surface area contributed by atoms with Crippen LogP contribution < -0.4 is 0 Å². The fourth-order valence-corrected chi connectivity index (χ4v) is 3.33. The Morgan fingerprint density at radius 2 is 2.06 bits per heavy atom. The molecule has 1 fully saturated rings. The Labute approximate surface area is 115 Å². The van der Waals surface area contributed by atoms with E-state index in [0.717, 1.165) is 5.03 Å². The van der Waals surface area contributed by atoms with Crippen LogP contribution in [0.25, 0.3) is 0 Å². The van der Waals surface area contributed by atoms with Crippen LogP contribution in [0.4, 0.5) is 0 Å². The normalized spacial score (nSPS) is 22.1. The van der Waals surface area contributed by atoms with Crippen LogP contribution in [-0.4, -0.2) is 28.2 Å². The van der Waals surface area contributed by atoms with E-state index >= 15 is 0 Å². The first-order valence-corrected chi connectivity index (χ1v) is 7.62. The van der Waals surface area contributed by atoms with Gasteiger partial charge in [0.05, 0.1) is 5.03 Å². The van der Waals surface area contributed by atoms with Gasteiger partial charge in [-0.3, -0.25) is 4.90 Å². The van der Waals surface area contributed by atoms with Crippen LogP contribution in [0.15, 0.2) is 23.4 Å². The van der Waals surface area contributed by atoms with Gasteiger partial charge in [0.2, 0.25) is 0 Å². The van der Waals surface area contributed by atoms with Crippen molar-refractivity contribution >= 4 is 11.8 Å². The Morgan fingerprint density at radius 3 is 2.61 bits per heavy atom. The molecule has 0 aromatic carbocycles. The second kappa shape index (κ2) is 5.62. The lowest BCUT2D eigenvalue weighted by Gasteiger charge is -2.32. The minimum atomic E-state index is 0.232. The van der Waals surface area contributed by atoms with Crippen LogP contribution >= 0.6 is 11.8 Å². The topological polar surface area (TPSA) is 16.1 Å². The molecule has 2 heterocycles. The van der Waals surface area contributed by atoms with Gasteiger partial charge in [-0.15, -0.1) is 11.8 Å². The van der Waals surface area contributed by atoms with Crippen molar-refractivity contribution in [1.82, 2.24) is 9.88 Å². The Bertz CT molecular complexity index is 380. The predicted octanol–water partition coefficient (Wildman–Crippen LogP) is 4.13. The Morgan fingerprint density at radius 1 is 1.28 bits per heavy atom. The van der Waals surface area contributed by atoms with Crippen LogP contribution in [0, 0.1) is 0 Å². The van der Waals surface area contributed by atoms with Gasteiger partial charge in [-0.1, -0.05) is 33.3 Å². The molecule has 1 aromatic rings. The van der Waals surface area contributed by atoms with E-state index in [1.54, 1.807) is 0 Å². The third-order valence-corrected chi connectivity index (χ3v) is 4.39. The molecule has 0 spiro atoms. The maximum absolute atomic E-state index is 4.61. The molecule has 1 aliphatic heterocycles. The maximum Gasteiger partial charge on any atom is 0.0965 e. The molecule has 2 rings (SSSR count). The Balaban J connectivity index is 2.07.